The second kappa shape index (κ2) is 7.09. The molecular weight excluding hydrogens is 245 g/mol. The van der Waals surface area contributed by atoms with Gasteiger partial charge in [-0.25, -0.2) is 4.39 Å². The van der Waals surface area contributed by atoms with Gasteiger partial charge in [-0.15, -0.1) is 0 Å². The van der Waals surface area contributed by atoms with E-state index in [0.29, 0.717) is 24.6 Å². The number of hydrogen-bond acceptors (Lipinski definition) is 3. The van der Waals surface area contributed by atoms with E-state index in [4.69, 9.17) is 5.73 Å². The van der Waals surface area contributed by atoms with Crippen molar-refractivity contribution >= 4 is 17.3 Å². The Labute approximate surface area is 113 Å². The number of halogens is 1. The van der Waals surface area contributed by atoms with Crippen molar-refractivity contribution in [2.24, 2.45) is 5.92 Å². The van der Waals surface area contributed by atoms with Crippen LogP contribution in [0.5, 0.6) is 0 Å². The quantitative estimate of drug-likeness (QED) is 0.778. The Morgan fingerprint density at radius 3 is 2.74 bits per heavy atom. The number of nitrogens with one attached hydrogen (secondary N) is 1. The number of carbonyl (C=O) groups is 1. The molecule has 106 valence electrons. The first kappa shape index (κ1) is 15.4. The molecule has 0 saturated heterocycles. The second-order valence-corrected chi connectivity index (χ2v) is 5.19. The lowest BCUT2D eigenvalue weighted by Gasteiger charge is -2.18. The fraction of sp³-hybridized carbons (Fsp3) is 0.500. The van der Waals surface area contributed by atoms with Crippen molar-refractivity contribution in [1.29, 1.82) is 0 Å². The summed E-state index contributed by atoms with van der Waals surface area (Å²) in [6, 6.07) is 3.94. The summed E-state index contributed by atoms with van der Waals surface area (Å²) in [4.78, 5) is 13.9. The van der Waals surface area contributed by atoms with Gasteiger partial charge in [-0.2, -0.15) is 0 Å². The second-order valence-electron chi connectivity index (χ2n) is 5.19. The van der Waals surface area contributed by atoms with E-state index in [9.17, 15) is 9.18 Å². The average molecular weight is 267 g/mol. The van der Waals surface area contributed by atoms with Crippen LogP contribution >= 0.6 is 0 Å². The first-order valence-corrected chi connectivity index (χ1v) is 6.42. The van der Waals surface area contributed by atoms with Crippen LogP contribution in [-0.2, 0) is 4.79 Å². The van der Waals surface area contributed by atoms with Crippen molar-refractivity contribution in [2.75, 3.05) is 31.2 Å². The van der Waals surface area contributed by atoms with Crippen molar-refractivity contribution < 1.29 is 9.18 Å². The van der Waals surface area contributed by atoms with Gasteiger partial charge in [0.25, 0.3) is 0 Å². The molecule has 3 N–H and O–H groups in total. The normalized spacial score (nSPS) is 11.1. The third kappa shape index (κ3) is 5.70. The highest BCUT2D eigenvalue weighted by Crippen LogP contribution is 2.19. The van der Waals surface area contributed by atoms with Gasteiger partial charge in [-0.05, 0) is 31.2 Å². The van der Waals surface area contributed by atoms with Crippen LogP contribution in [0.2, 0.25) is 0 Å². The number of hydrogen-bond donors (Lipinski definition) is 2. The molecule has 0 radical (unpaired) electrons. The first-order valence-electron chi connectivity index (χ1n) is 6.42. The van der Waals surface area contributed by atoms with E-state index >= 15 is 0 Å². The van der Waals surface area contributed by atoms with Crippen molar-refractivity contribution in [1.82, 2.24) is 4.90 Å². The van der Waals surface area contributed by atoms with E-state index in [1.807, 2.05) is 7.05 Å². The van der Waals surface area contributed by atoms with Crippen LogP contribution in [0.4, 0.5) is 15.8 Å². The molecule has 5 heteroatoms. The minimum Gasteiger partial charge on any atom is -0.397 e. The molecule has 1 amide bonds. The van der Waals surface area contributed by atoms with Gasteiger partial charge in [0.15, 0.2) is 0 Å². The molecule has 1 rings (SSSR count). The largest absolute Gasteiger partial charge is 0.397 e. The van der Waals surface area contributed by atoms with Gasteiger partial charge in [0, 0.05) is 19.5 Å². The zero-order chi connectivity index (χ0) is 14.4. The third-order valence-electron chi connectivity index (χ3n) is 2.69. The predicted molar refractivity (Wildman–Crippen MR) is 76.4 cm³/mol. The van der Waals surface area contributed by atoms with Gasteiger partial charge in [0.1, 0.15) is 5.82 Å². The SMILES string of the molecule is CC(C)CN(C)CCC(=O)Nc1ccc(F)cc1N. The predicted octanol–water partition coefficient (Wildman–Crippen LogP) is 2.32. The van der Waals surface area contributed by atoms with Crippen LogP contribution in [-0.4, -0.2) is 30.9 Å². The topological polar surface area (TPSA) is 58.4 Å². The summed E-state index contributed by atoms with van der Waals surface area (Å²) in [5.74, 6) is 0.0434. The van der Waals surface area contributed by atoms with E-state index in [1.54, 1.807) is 0 Å². The van der Waals surface area contributed by atoms with Crippen LogP contribution in [0.1, 0.15) is 20.3 Å². The Morgan fingerprint density at radius 2 is 2.16 bits per heavy atom. The van der Waals surface area contributed by atoms with E-state index in [1.165, 1.54) is 18.2 Å². The molecule has 0 bridgehead atoms. The molecule has 1 aromatic rings. The van der Waals surface area contributed by atoms with Crippen LogP contribution in [0.3, 0.4) is 0 Å². The fourth-order valence-corrected chi connectivity index (χ4v) is 1.87. The Hall–Kier alpha value is -1.62. The molecule has 0 spiro atoms. The lowest BCUT2D eigenvalue weighted by Crippen LogP contribution is -2.27. The molecule has 0 aliphatic heterocycles. The number of carbonyl (C=O) groups excluding carboxylic acids is 1. The Balaban J connectivity index is 2.43. The summed E-state index contributed by atoms with van der Waals surface area (Å²) in [6.07, 6.45) is 0.389. The Bertz CT molecular complexity index is 435. The number of nitrogens with two attached hydrogens (primary N) is 1. The third-order valence-corrected chi connectivity index (χ3v) is 2.69. The maximum absolute atomic E-state index is 12.9. The van der Waals surface area contributed by atoms with Gasteiger partial charge in [-0.3, -0.25) is 4.79 Å². The van der Waals surface area contributed by atoms with Crippen LogP contribution < -0.4 is 11.1 Å². The Kier molecular flexibility index (Phi) is 5.76. The number of benzene rings is 1. The lowest BCUT2D eigenvalue weighted by atomic mass is 10.2. The van der Waals surface area contributed by atoms with Crippen molar-refractivity contribution in [3.8, 4) is 0 Å². The number of rotatable bonds is 6. The highest BCUT2D eigenvalue weighted by molar-refractivity contribution is 5.93. The standard InChI is InChI=1S/C14H22FN3O/c1-10(2)9-18(3)7-6-14(19)17-13-5-4-11(15)8-12(13)16/h4-5,8,10H,6-7,9,16H2,1-3H3,(H,17,19). The smallest absolute Gasteiger partial charge is 0.225 e. The monoisotopic (exact) mass is 267 g/mol. The maximum Gasteiger partial charge on any atom is 0.225 e. The van der Waals surface area contributed by atoms with Crippen LogP contribution in [0.25, 0.3) is 0 Å². The van der Waals surface area contributed by atoms with Crippen LogP contribution in [0, 0.1) is 11.7 Å². The highest BCUT2D eigenvalue weighted by Gasteiger charge is 2.08. The van der Waals surface area contributed by atoms with Crippen LogP contribution in [0.15, 0.2) is 18.2 Å². The average Bonchev–Trinajstić information content (AvgIpc) is 2.29. The summed E-state index contributed by atoms with van der Waals surface area (Å²) in [5.41, 5.74) is 6.32. The lowest BCUT2D eigenvalue weighted by molar-refractivity contribution is -0.116. The van der Waals surface area contributed by atoms with Crippen molar-refractivity contribution in [3.63, 3.8) is 0 Å². The molecule has 0 aromatic heterocycles. The summed E-state index contributed by atoms with van der Waals surface area (Å²) in [5, 5.41) is 2.69. The number of anilines is 2. The van der Waals surface area contributed by atoms with E-state index in [0.717, 1.165) is 6.54 Å². The summed E-state index contributed by atoms with van der Waals surface area (Å²) >= 11 is 0. The van der Waals surface area contributed by atoms with Gasteiger partial charge >= 0.3 is 0 Å². The van der Waals surface area contributed by atoms with Gasteiger partial charge in [0.2, 0.25) is 5.91 Å². The molecule has 19 heavy (non-hydrogen) atoms. The first-order chi connectivity index (χ1) is 8.88. The number of nitrogens with zero attached hydrogens (tertiary/aromatic N) is 1. The van der Waals surface area contributed by atoms with Gasteiger partial charge in [0.05, 0.1) is 11.4 Å². The zero-order valence-corrected chi connectivity index (χ0v) is 11.7. The highest BCUT2D eigenvalue weighted by atomic mass is 19.1. The molecule has 0 fully saturated rings. The van der Waals surface area contributed by atoms with Gasteiger partial charge in [-0.1, -0.05) is 13.8 Å². The number of nitrogen functional groups attached to an aromatic ring is 1. The fourth-order valence-electron chi connectivity index (χ4n) is 1.87. The minimum absolute atomic E-state index is 0.117. The minimum atomic E-state index is -0.410. The van der Waals surface area contributed by atoms with E-state index < -0.39 is 5.82 Å². The summed E-state index contributed by atoms with van der Waals surface area (Å²) < 4.78 is 12.9. The Morgan fingerprint density at radius 1 is 1.47 bits per heavy atom. The molecular formula is C14H22FN3O. The molecule has 0 aliphatic carbocycles. The molecule has 0 unspecified atom stereocenters. The molecule has 4 nitrogen and oxygen atoms in total. The van der Waals surface area contributed by atoms with Crippen molar-refractivity contribution in [3.05, 3.63) is 24.0 Å². The molecule has 0 saturated carbocycles. The molecule has 0 aliphatic rings. The molecule has 0 heterocycles. The summed E-state index contributed by atoms with van der Waals surface area (Å²) in [7, 11) is 1.99. The van der Waals surface area contributed by atoms with E-state index in [2.05, 4.69) is 24.1 Å². The summed E-state index contributed by atoms with van der Waals surface area (Å²) in [6.45, 7) is 5.91. The van der Waals surface area contributed by atoms with Crippen molar-refractivity contribution in [2.45, 2.75) is 20.3 Å². The number of amides is 1. The maximum atomic E-state index is 12.9. The molecule has 0 atom stereocenters. The van der Waals surface area contributed by atoms with Gasteiger partial charge < -0.3 is 16.0 Å². The zero-order valence-electron chi connectivity index (χ0n) is 11.7. The molecule has 1 aromatic carbocycles. The van der Waals surface area contributed by atoms with E-state index in [-0.39, 0.29) is 11.6 Å².